The van der Waals surface area contributed by atoms with Gasteiger partial charge in [0.05, 0.1) is 11.9 Å². The number of anilines is 2. The van der Waals surface area contributed by atoms with Gasteiger partial charge >= 0.3 is 0 Å². The number of fused-ring (bicyclic) bond motifs is 1. The highest BCUT2D eigenvalue weighted by Gasteiger charge is 2.11. The summed E-state index contributed by atoms with van der Waals surface area (Å²) in [5.41, 5.74) is 1.91. The number of pyridine rings is 1. The molecule has 1 aliphatic rings. The van der Waals surface area contributed by atoms with Gasteiger partial charge in [-0.1, -0.05) is 0 Å². The van der Waals surface area contributed by atoms with Crippen LogP contribution in [0.2, 0.25) is 0 Å². The fraction of sp³-hybridized carbons (Fsp3) is 0.154. The van der Waals surface area contributed by atoms with Crippen molar-refractivity contribution in [3.8, 4) is 11.5 Å². The minimum Gasteiger partial charge on any atom is -0.486 e. The fourth-order valence-electron chi connectivity index (χ4n) is 1.72. The zero-order valence-electron chi connectivity index (χ0n) is 9.22. The van der Waals surface area contributed by atoms with Gasteiger partial charge < -0.3 is 14.8 Å². The van der Waals surface area contributed by atoms with Crippen molar-refractivity contribution < 1.29 is 9.47 Å². The van der Waals surface area contributed by atoms with Gasteiger partial charge in [-0.05, 0) is 24.3 Å². The molecule has 1 N–H and O–H groups in total. The van der Waals surface area contributed by atoms with Crippen LogP contribution in [0.3, 0.4) is 0 Å². The zero-order valence-corrected chi connectivity index (χ0v) is 9.22. The minimum absolute atomic E-state index is 0.601. The summed E-state index contributed by atoms with van der Waals surface area (Å²) in [4.78, 5) is 4.05. The number of ether oxygens (including phenoxy) is 2. The summed E-state index contributed by atoms with van der Waals surface area (Å²) in [6.07, 6.45) is 3.52. The Morgan fingerprint density at radius 3 is 2.71 bits per heavy atom. The van der Waals surface area contributed by atoms with Gasteiger partial charge in [0, 0.05) is 18.0 Å². The quantitative estimate of drug-likeness (QED) is 0.858. The highest BCUT2D eigenvalue weighted by molar-refractivity contribution is 5.63. The molecule has 0 bridgehead atoms. The monoisotopic (exact) mass is 228 g/mol. The normalized spacial score (nSPS) is 13.2. The van der Waals surface area contributed by atoms with Crippen LogP contribution in [0.1, 0.15) is 0 Å². The molecule has 0 amide bonds. The lowest BCUT2D eigenvalue weighted by Gasteiger charge is -2.19. The van der Waals surface area contributed by atoms with E-state index in [4.69, 9.17) is 9.47 Å². The lowest BCUT2D eigenvalue weighted by Crippen LogP contribution is -2.15. The van der Waals surface area contributed by atoms with Crippen LogP contribution in [0, 0.1) is 0 Å². The predicted molar refractivity (Wildman–Crippen MR) is 65.0 cm³/mol. The minimum atomic E-state index is 0.601. The molecule has 17 heavy (non-hydrogen) atoms. The second kappa shape index (κ2) is 4.33. The number of nitrogens with one attached hydrogen (secondary N) is 1. The topological polar surface area (TPSA) is 43.4 Å². The van der Waals surface area contributed by atoms with Gasteiger partial charge in [0.2, 0.25) is 0 Å². The van der Waals surface area contributed by atoms with E-state index in [1.165, 1.54) is 0 Å². The predicted octanol–water partition coefficient (Wildman–Crippen LogP) is 2.60. The molecule has 86 valence electrons. The van der Waals surface area contributed by atoms with Crippen molar-refractivity contribution in [1.82, 2.24) is 4.98 Å². The van der Waals surface area contributed by atoms with Crippen LogP contribution in [0.4, 0.5) is 11.4 Å². The Morgan fingerprint density at radius 1 is 1.00 bits per heavy atom. The zero-order chi connectivity index (χ0) is 11.5. The average molecular weight is 228 g/mol. The Bertz CT molecular complexity index is 514. The molecule has 0 unspecified atom stereocenters. The third-order valence-electron chi connectivity index (χ3n) is 2.49. The average Bonchev–Trinajstić information content (AvgIpc) is 2.40. The molecule has 2 aromatic rings. The summed E-state index contributed by atoms with van der Waals surface area (Å²) in [6, 6.07) is 9.65. The molecular formula is C13H12N2O2. The second-order valence-corrected chi connectivity index (χ2v) is 3.73. The number of aromatic nitrogens is 1. The number of hydrogen-bond donors (Lipinski definition) is 1. The van der Waals surface area contributed by atoms with Gasteiger partial charge in [-0.2, -0.15) is 0 Å². The van der Waals surface area contributed by atoms with Crippen molar-refractivity contribution in [3.05, 3.63) is 42.7 Å². The van der Waals surface area contributed by atoms with Gasteiger partial charge in [0.1, 0.15) is 13.2 Å². The Hall–Kier alpha value is -2.23. The van der Waals surface area contributed by atoms with E-state index in [-0.39, 0.29) is 0 Å². The van der Waals surface area contributed by atoms with E-state index in [0.29, 0.717) is 13.2 Å². The first-order valence-corrected chi connectivity index (χ1v) is 5.48. The van der Waals surface area contributed by atoms with Crippen LogP contribution in [-0.2, 0) is 0 Å². The lowest BCUT2D eigenvalue weighted by atomic mass is 10.2. The summed E-state index contributed by atoms with van der Waals surface area (Å²) < 4.78 is 11.0. The molecule has 4 nitrogen and oxygen atoms in total. The molecule has 3 rings (SSSR count). The largest absolute Gasteiger partial charge is 0.486 e. The van der Waals surface area contributed by atoms with E-state index in [2.05, 4.69) is 10.3 Å². The van der Waals surface area contributed by atoms with Crippen molar-refractivity contribution in [2.75, 3.05) is 18.5 Å². The molecule has 0 atom stereocenters. The van der Waals surface area contributed by atoms with Gasteiger partial charge in [0.25, 0.3) is 0 Å². The van der Waals surface area contributed by atoms with Crippen LogP contribution >= 0.6 is 0 Å². The highest BCUT2D eigenvalue weighted by atomic mass is 16.6. The smallest absolute Gasteiger partial charge is 0.163 e. The first kappa shape index (κ1) is 9.96. The van der Waals surface area contributed by atoms with Crippen molar-refractivity contribution >= 4 is 11.4 Å². The van der Waals surface area contributed by atoms with E-state index in [0.717, 1.165) is 22.9 Å². The van der Waals surface area contributed by atoms with E-state index in [1.807, 2.05) is 30.3 Å². The van der Waals surface area contributed by atoms with Crippen molar-refractivity contribution in [3.63, 3.8) is 0 Å². The maximum atomic E-state index is 5.52. The van der Waals surface area contributed by atoms with Crippen LogP contribution in [0.25, 0.3) is 0 Å². The van der Waals surface area contributed by atoms with E-state index in [1.54, 1.807) is 12.4 Å². The third kappa shape index (κ3) is 2.15. The molecule has 1 aromatic carbocycles. The number of hydrogen-bond acceptors (Lipinski definition) is 4. The molecular weight excluding hydrogens is 216 g/mol. The first-order valence-electron chi connectivity index (χ1n) is 5.48. The maximum Gasteiger partial charge on any atom is 0.163 e. The van der Waals surface area contributed by atoms with Crippen molar-refractivity contribution in [2.24, 2.45) is 0 Å². The second-order valence-electron chi connectivity index (χ2n) is 3.73. The van der Waals surface area contributed by atoms with Gasteiger partial charge in [-0.3, -0.25) is 4.98 Å². The summed E-state index contributed by atoms with van der Waals surface area (Å²) in [5.74, 6) is 1.58. The standard InChI is InChI=1S/C13H12N2O2/c1-2-11(9-14-5-1)15-10-3-4-12-13(8-10)17-7-6-16-12/h1-5,8-9,15H,6-7H2. The Kier molecular flexibility index (Phi) is 2.54. The van der Waals surface area contributed by atoms with Gasteiger partial charge in [-0.15, -0.1) is 0 Å². The number of rotatable bonds is 2. The van der Waals surface area contributed by atoms with Crippen molar-refractivity contribution in [1.29, 1.82) is 0 Å². The number of nitrogens with zero attached hydrogens (tertiary/aromatic N) is 1. The van der Waals surface area contributed by atoms with Crippen LogP contribution in [-0.4, -0.2) is 18.2 Å². The van der Waals surface area contributed by atoms with Gasteiger partial charge in [-0.25, -0.2) is 0 Å². The van der Waals surface area contributed by atoms with E-state index < -0.39 is 0 Å². The molecule has 0 spiro atoms. The molecule has 1 aromatic heterocycles. The van der Waals surface area contributed by atoms with Crippen LogP contribution in [0.5, 0.6) is 11.5 Å². The molecule has 0 radical (unpaired) electrons. The van der Waals surface area contributed by atoms with Crippen molar-refractivity contribution in [2.45, 2.75) is 0 Å². The fourth-order valence-corrected chi connectivity index (χ4v) is 1.72. The summed E-state index contributed by atoms with van der Waals surface area (Å²) in [6.45, 7) is 1.21. The highest BCUT2D eigenvalue weighted by Crippen LogP contribution is 2.33. The van der Waals surface area contributed by atoms with E-state index >= 15 is 0 Å². The summed E-state index contributed by atoms with van der Waals surface area (Å²) in [5, 5.41) is 3.26. The molecule has 0 fully saturated rings. The molecule has 1 aliphatic heterocycles. The number of benzene rings is 1. The van der Waals surface area contributed by atoms with Gasteiger partial charge in [0.15, 0.2) is 11.5 Å². The third-order valence-corrected chi connectivity index (χ3v) is 2.49. The first-order chi connectivity index (χ1) is 8.42. The maximum absolute atomic E-state index is 5.52. The van der Waals surface area contributed by atoms with E-state index in [9.17, 15) is 0 Å². The summed E-state index contributed by atoms with van der Waals surface area (Å²) in [7, 11) is 0. The SMILES string of the molecule is c1cncc(Nc2ccc3c(c2)OCCO3)c1. The molecule has 4 heteroatoms. The molecule has 0 aliphatic carbocycles. The van der Waals surface area contributed by atoms with Crippen LogP contribution in [0.15, 0.2) is 42.7 Å². The lowest BCUT2D eigenvalue weighted by molar-refractivity contribution is 0.171. The Labute approximate surface area is 99.2 Å². The van der Waals surface area contributed by atoms with Crippen LogP contribution < -0.4 is 14.8 Å². The molecule has 0 saturated heterocycles. The Balaban J connectivity index is 1.84. The summed E-state index contributed by atoms with van der Waals surface area (Å²) >= 11 is 0. The molecule has 0 saturated carbocycles. The molecule has 2 heterocycles. The Morgan fingerprint density at radius 2 is 1.88 bits per heavy atom.